The summed E-state index contributed by atoms with van der Waals surface area (Å²) in [7, 11) is 0. The zero-order valence-corrected chi connectivity index (χ0v) is 11.6. The molecule has 0 atom stereocenters. The van der Waals surface area contributed by atoms with Gasteiger partial charge in [0.05, 0.1) is 18.5 Å². The fraction of sp³-hybridized carbons (Fsp3) is 0.667. The van der Waals surface area contributed by atoms with Gasteiger partial charge in [0.15, 0.2) is 0 Å². The van der Waals surface area contributed by atoms with E-state index in [1.54, 1.807) is 11.8 Å². The first-order valence-electron chi connectivity index (χ1n) is 5.77. The quantitative estimate of drug-likeness (QED) is 0.818. The fourth-order valence-electron chi connectivity index (χ4n) is 1.40. The van der Waals surface area contributed by atoms with Gasteiger partial charge in [0.25, 0.3) is 0 Å². The molecule has 1 aromatic heterocycles. The summed E-state index contributed by atoms with van der Waals surface area (Å²) < 4.78 is 5.18. The van der Waals surface area contributed by atoms with Crippen LogP contribution in [0.1, 0.15) is 32.2 Å². The van der Waals surface area contributed by atoms with E-state index in [4.69, 9.17) is 10.5 Å². The standard InChI is InChI=1S/C12H19N3OS/c1-7-9(13)14-11(12(2,3)4)15-10(7)17-8-5-16-6-8/h8H,5-6H2,1-4H3,(H2,13,14,15). The van der Waals surface area contributed by atoms with Crippen LogP contribution in [0.5, 0.6) is 0 Å². The van der Waals surface area contributed by atoms with E-state index in [2.05, 4.69) is 30.7 Å². The molecule has 0 aromatic carbocycles. The SMILES string of the molecule is Cc1c(N)nc(C(C)(C)C)nc1SC1COC1. The fourth-order valence-corrected chi connectivity index (χ4v) is 2.47. The molecule has 1 aliphatic rings. The molecule has 5 heteroatoms. The van der Waals surface area contributed by atoms with Crippen molar-refractivity contribution in [2.75, 3.05) is 18.9 Å². The number of hydrogen-bond acceptors (Lipinski definition) is 5. The normalized spacial score (nSPS) is 16.9. The average Bonchev–Trinajstić information content (AvgIpc) is 2.15. The molecule has 0 radical (unpaired) electrons. The van der Waals surface area contributed by atoms with Crippen molar-refractivity contribution < 1.29 is 4.74 Å². The zero-order valence-electron chi connectivity index (χ0n) is 10.8. The Kier molecular flexibility index (Phi) is 3.32. The lowest BCUT2D eigenvalue weighted by molar-refractivity contribution is 0.0454. The molecular formula is C12H19N3OS. The Morgan fingerprint density at radius 2 is 1.94 bits per heavy atom. The first-order valence-corrected chi connectivity index (χ1v) is 6.65. The third kappa shape index (κ3) is 2.72. The van der Waals surface area contributed by atoms with E-state index >= 15 is 0 Å². The molecular weight excluding hydrogens is 234 g/mol. The second-order valence-corrected chi connectivity index (χ2v) is 6.68. The smallest absolute Gasteiger partial charge is 0.137 e. The van der Waals surface area contributed by atoms with E-state index in [0.717, 1.165) is 29.6 Å². The molecule has 0 aliphatic carbocycles. The predicted molar refractivity (Wildman–Crippen MR) is 70.3 cm³/mol. The Labute approximate surface area is 106 Å². The lowest BCUT2D eigenvalue weighted by Gasteiger charge is -2.26. The number of ether oxygens (including phenoxy) is 1. The molecule has 0 amide bonds. The largest absolute Gasteiger partial charge is 0.383 e. The highest BCUT2D eigenvalue weighted by Crippen LogP contribution is 2.32. The molecule has 0 spiro atoms. The van der Waals surface area contributed by atoms with Gasteiger partial charge in [0.1, 0.15) is 16.7 Å². The minimum Gasteiger partial charge on any atom is -0.383 e. The minimum absolute atomic E-state index is 0.0761. The molecule has 94 valence electrons. The van der Waals surface area contributed by atoms with Crippen molar-refractivity contribution in [3.05, 3.63) is 11.4 Å². The molecule has 17 heavy (non-hydrogen) atoms. The van der Waals surface area contributed by atoms with Gasteiger partial charge in [-0.25, -0.2) is 9.97 Å². The van der Waals surface area contributed by atoms with Crippen LogP contribution in [0.25, 0.3) is 0 Å². The molecule has 2 heterocycles. The zero-order chi connectivity index (χ0) is 12.6. The second-order valence-electron chi connectivity index (χ2n) is 5.39. The van der Waals surface area contributed by atoms with Gasteiger partial charge in [-0.05, 0) is 6.92 Å². The Hall–Kier alpha value is -0.810. The van der Waals surface area contributed by atoms with E-state index in [1.807, 2.05) is 6.92 Å². The van der Waals surface area contributed by atoms with Crippen LogP contribution < -0.4 is 5.73 Å². The Bertz CT molecular complexity index is 424. The van der Waals surface area contributed by atoms with Gasteiger partial charge in [-0.15, -0.1) is 0 Å². The Morgan fingerprint density at radius 3 is 2.41 bits per heavy atom. The van der Waals surface area contributed by atoms with Crippen molar-refractivity contribution in [3.8, 4) is 0 Å². The van der Waals surface area contributed by atoms with Gasteiger partial charge in [-0.3, -0.25) is 0 Å². The van der Waals surface area contributed by atoms with Crippen LogP contribution in [-0.4, -0.2) is 28.4 Å². The van der Waals surface area contributed by atoms with Gasteiger partial charge >= 0.3 is 0 Å². The van der Waals surface area contributed by atoms with Crippen molar-refractivity contribution in [1.29, 1.82) is 0 Å². The van der Waals surface area contributed by atoms with E-state index in [9.17, 15) is 0 Å². The van der Waals surface area contributed by atoms with Crippen molar-refractivity contribution in [1.82, 2.24) is 9.97 Å². The van der Waals surface area contributed by atoms with Crippen LogP contribution in [0.3, 0.4) is 0 Å². The first-order chi connectivity index (χ1) is 7.88. The highest BCUT2D eigenvalue weighted by atomic mass is 32.2. The van der Waals surface area contributed by atoms with Crippen LogP contribution in [0.15, 0.2) is 5.03 Å². The molecule has 2 N–H and O–H groups in total. The number of nitrogens with zero attached hydrogens (tertiary/aromatic N) is 2. The highest BCUT2D eigenvalue weighted by molar-refractivity contribution is 8.00. The van der Waals surface area contributed by atoms with E-state index in [-0.39, 0.29) is 5.41 Å². The predicted octanol–water partition coefficient (Wildman–Crippen LogP) is 2.16. The van der Waals surface area contributed by atoms with Gasteiger partial charge < -0.3 is 10.5 Å². The van der Waals surface area contributed by atoms with E-state index < -0.39 is 0 Å². The summed E-state index contributed by atoms with van der Waals surface area (Å²) in [5.74, 6) is 1.40. The summed E-state index contributed by atoms with van der Waals surface area (Å²) in [6.07, 6.45) is 0. The number of thioether (sulfide) groups is 1. The summed E-state index contributed by atoms with van der Waals surface area (Å²) in [5.41, 5.74) is 6.86. The molecule has 1 saturated heterocycles. The summed E-state index contributed by atoms with van der Waals surface area (Å²) in [6, 6.07) is 0. The van der Waals surface area contributed by atoms with Crippen LogP contribution in [0.4, 0.5) is 5.82 Å². The monoisotopic (exact) mass is 253 g/mol. The molecule has 1 aliphatic heterocycles. The summed E-state index contributed by atoms with van der Waals surface area (Å²) >= 11 is 1.75. The summed E-state index contributed by atoms with van der Waals surface area (Å²) in [4.78, 5) is 9.02. The lowest BCUT2D eigenvalue weighted by atomic mass is 9.95. The van der Waals surface area contributed by atoms with Crippen LogP contribution in [0, 0.1) is 6.92 Å². The molecule has 4 nitrogen and oxygen atoms in total. The highest BCUT2D eigenvalue weighted by Gasteiger charge is 2.25. The maximum absolute atomic E-state index is 5.96. The topological polar surface area (TPSA) is 61.0 Å². The lowest BCUT2D eigenvalue weighted by Crippen LogP contribution is -2.30. The van der Waals surface area contributed by atoms with Gasteiger partial charge in [-0.1, -0.05) is 32.5 Å². The third-order valence-electron chi connectivity index (χ3n) is 2.70. The second kappa shape index (κ2) is 4.46. The van der Waals surface area contributed by atoms with Crippen molar-refractivity contribution in [3.63, 3.8) is 0 Å². The van der Waals surface area contributed by atoms with Crippen LogP contribution >= 0.6 is 11.8 Å². The van der Waals surface area contributed by atoms with E-state index in [1.165, 1.54) is 0 Å². The summed E-state index contributed by atoms with van der Waals surface area (Å²) in [5, 5.41) is 1.51. The molecule has 0 saturated carbocycles. The molecule has 2 rings (SSSR count). The van der Waals surface area contributed by atoms with Crippen molar-refractivity contribution in [2.45, 2.75) is 43.4 Å². The van der Waals surface area contributed by atoms with Crippen molar-refractivity contribution >= 4 is 17.6 Å². The molecule has 1 fully saturated rings. The van der Waals surface area contributed by atoms with Crippen LogP contribution in [-0.2, 0) is 10.2 Å². The number of rotatable bonds is 2. The third-order valence-corrected chi connectivity index (χ3v) is 3.92. The van der Waals surface area contributed by atoms with Crippen LogP contribution in [0.2, 0.25) is 0 Å². The van der Waals surface area contributed by atoms with E-state index in [0.29, 0.717) is 11.1 Å². The van der Waals surface area contributed by atoms with Crippen molar-refractivity contribution in [2.24, 2.45) is 0 Å². The summed E-state index contributed by atoms with van der Waals surface area (Å²) in [6.45, 7) is 9.87. The Morgan fingerprint density at radius 1 is 1.29 bits per heavy atom. The van der Waals surface area contributed by atoms with Gasteiger partial charge in [0, 0.05) is 11.0 Å². The minimum atomic E-state index is -0.0761. The maximum Gasteiger partial charge on any atom is 0.137 e. The molecule has 0 unspecified atom stereocenters. The number of nitrogen functional groups attached to an aromatic ring is 1. The number of hydrogen-bond donors (Lipinski definition) is 1. The Balaban J connectivity index is 2.32. The van der Waals surface area contributed by atoms with Gasteiger partial charge in [0.2, 0.25) is 0 Å². The maximum atomic E-state index is 5.96. The number of anilines is 1. The number of aromatic nitrogens is 2. The molecule has 1 aromatic rings. The van der Waals surface area contributed by atoms with Gasteiger partial charge in [-0.2, -0.15) is 0 Å². The average molecular weight is 253 g/mol. The first kappa shape index (κ1) is 12.6. The molecule has 0 bridgehead atoms. The number of nitrogens with two attached hydrogens (primary N) is 1.